The minimum absolute atomic E-state index is 0.0578. The zero-order valence-electron chi connectivity index (χ0n) is 17.3. The van der Waals surface area contributed by atoms with Gasteiger partial charge in [0.25, 0.3) is 5.91 Å². The number of para-hydroxylation sites is 1. The first-order valence-corrected chi connectivity index (χ1v) is 11.2. The van der Waals surface area contributed by atoms with E-state index in [1.54, 1.807) is 42.5 Å². The van der Waals surface area contributed by atoms with Crippen LogP contribution in [-0.4, -0.2) is 26.0 Å². The number of carbonyl (C=O) groups is 1. The minimum Gasteiger partial charge on any atom is -0.451 e. The largest absolute Gasteiger partial charge is 0.451 e. The van der Waals surface area contributed by atoms with Crippen molar-refractivity contribution in [1.82, 2.24) is 20.3 Å². The number of benzene rings is 3. The molecule has 0 aliphatic heterocycles. The quantitative estimate of drug-likeness (QED) is 0.285. The Balaban J connectivity index is 1.30. The number of furan rings is 1. The lowest BCUT2D eigenvalue weighted by molar-refractivity contribution is 0.0951. The van der Waals surface area contributed by atoms with Crippen LogP contribution in [0, 0.1) is 0 Å². The molecule has 0 saturated carbocycles. The van der Waals surface area contributed by atoms with E-state index in [0.29, 0.717) is 32.5 Å². The van der Waals surface area contributed by atoms with Crippen LogP contribution in [-0.2, 0) is 0 Å². The van der Waals surface area contributed by atoms with Gasteiger partial charge in [-0.3, -0.25) is 10.1 Å². The molecule has 0 spiro atoms. The van der Waals surface area contributed by atoms with Gasteiger partial charge in [-0.2, -0.15) is 4.80 Å². The number of hydrogen-bond acceptors (Lipinski definition) is 5. The molecule has 10 heteroatoms. The summed E-state index contributed by atoms with van der Waals surface area (Å²) < 4.78 is 5.66. The molecule has 0 aliphatic rings. The van der Waals surface area contributed by atoms with E-state index in [0.717, 1.165) is 11.3 Å². The van der Waals surface area contributed by atoms with Gasteiger partial charge >= 0.3 is 0 Å². The molecule has 0 atom stereocenters. The maximum atomic E-state index is 12.6. The summed E-state index contributed by atoms with van der Waals surface area (Å²) >= 11 is 17.7. The van der Waals surface area contributed by atoms with Crippen LogP contribution in [0.2, 0.25) is 10.0 Å². The number of halogens is 2. The number of nitrogens with zero attached hydrogens (tertiary/aromatic N) is 3. The molecule has 2 aromatic heterocycles. The lowest BCUT2D eigenvalue weighted by Gasteiger charge is -2.10. The van der Waals surface area contributed by atoms with Gasteiger partial charge in [0.05, 0.1) is 16.4 Å². The zero-order valence-corrected chi connectivity index (χ0v) is 19.7. The van der Waals surface area contributed by atoms with Crippen molar-refractivity contribution in [3.8, 4) is 17.0 Å². The maximum Gasteiger partial charge on any atom is 0.293 e. The highest BCUT2D eigenvalue weighted by Crippen LogP contribution is 2.27. The third-order valence-electron chi connectivity index (χ3n) is 4.87. The molecule has 0 unspecified atom stereocenters. The smallest absolute Gasteiger partial charge is 0.293 e. The Morgan fingerprint density at radius 2 is 1.68 bits per heavy atom. The minimum atomic E-state index is -0.502. The van der Waals surface area contributed by atoms with Crippen molar-refractivity contribution >= 4 is 63.2 Å². The van der Waals surface area contributed by atoms with E-state index < -0.39 is 5.91 Å². The summed E-state index contributed by atoms with van der Waals surface area (Å²) in [5.41, 5.74) is 3.30. The highest BCUT2D eigenvalue weighted by molar-refractivity contribution is 7.80. The number of fused-ring (bicyclic) bond motifs is 1. The number of thiocarbonyl (C=S) groups is 1. The fourth-order valence-electron chi connectivity index (χ4n) is 3.29. The number of aromatic nitrogens is 3. The van der Waals surface area contributed by atoms with Crippen LogP contribution >= 0.6 is 35.4 Å². The van der Waals surface area contributed by atoms with E-state index in [-0.39, 0.29) is 10.9 Å². The molecule has 34 heavy (non-hydrogen) atoms. The molecule has 7 nitrogen and oxygen atoms in total. The normalized spacial score (nSPS) is 10.9. The third-order valence-corrected chi connectivity index (χ3v) is 5.62. The summed E-state index contributed by atoms with van der Waals surface area (Å²) in [4.78, 5) is 14.1. The van der Waals surface area contributed by atoms with Crippen molar-refractivity contribution in [3.05, 3.63) is 94.7 Å². The first kappa shape index (κ1) is 22.1. The predicted octanol–water partition coefficient (Wildman–Crippen LogP) is 6.11. The fraction of sp³-hybridized carbons (Fsp3) is 0. The summed E-state index contributed by atoms with van der Waals surface area (Å²) in [6.07, 6.45) is 0. The molecule has 5 rings (SSSR count). The molecule has 0 radical (unpaired) electrons. The number of hydrogen-bond donors (Lipinski definition) is 2. The summed E-state index contributed by atoms with van der Waals surface area (Å²) in [6, 6.07) is 23.3. The molecule has 5 aromatic rings. The number of anilines is 1. The van der Waals surface area contributed by atoms with E-state index in [1.165, 1.54) is 4.80 Å². The molecular formula is C24H15Cl2N5O2S. The van der Waals surface area contributed by atoms with Crippen LogP contribution in [0.5, 0.6) is 0 Å². The second-order valence-electron chi connectivity index (χ2n) is 7.23. The Hall–Kier alpha value is -3.72. The van der Waals surface area contributed by atoms with Crippen LogP contribution in [0.15, 0.2) is 83.3 Å². The van der Waals surface area contributed by atoms with Gasteiger partial charge in [-0.1, -0.05) is 53.5 Å². The Morgan fingerprint density at radius 1 is 0.912 bits per heavy atom. The number of nitrogens with one attached hydrogen (secondary N) is 2. The molecule has 0 bridgehead atoms. The van der Waals surface area contributed by atoms with Crippen LogP contribution in [0.25, 0.3) is 28.0 Å². The highest BCUT2D eigenvalue weighted by Gasteiger charge is 2.16. The standard InChI is InChI=1S/C24H15Cl2N5O2S/c25-15-6-4-5-14(11-15)21-9-10-22(33-21)23(32)28-24(34)27-18-13-20-19(12-17(18)26)29-31(30-20)16-7-2-1-3-8-16/h1-13H,(H2,27,28,32,34). The van der Waals surface area contributed by atoms with Crippen LogP contribution in [0.3, 0.4) is 0 Å². The summed E-state index contributed by atoms with van der Waals surface area (Å²) in [7, 11) is 0. The van der Waals surface area contributed by atoms with Gasteiger partial charge in [0.2, 0.25) is 0 Å². The van der Waals surface area contributed by atoms with Crippen molar-refractivity contribution in [1.29, 1.82) is 0 Å². The monoisotopic (exact) mass is 507 g/mol. The van der Waals surface area contributed by atoms with E-state index in [4.69, 9.17) is 39.8 Å². The summed E-state index contributed by atoms with van der Waals surface area (Å²) in [6.45, 7) is 0. The van der Waals surface area contributed by atoms with Gasteiger partial charge in [-0.25, -0.2) is 0 Å². The van der Waals surface area contributed by atoms with Gasteiger partial charge in [0.15, 0.2) is 10.9 Å². The van der Waals surface area contributed by atoms with E-state index in [9.17, 15) is 4.79 Å². The molecule has 0 aliphatic carbocycles. The van der Waals surface area contributed by atoms with Crippen molar-refractivity contribution in [2.75, 3.05) is 5.32 Å². The Kier molecular flexibility index (Phi) is 6.02. The first-order valence-electron chi connectivity index (χ1n) is 10.1. The molecule has 1 amide bonds. The Labute approximate surface area is 209 Å². The Bertz CT molecular complexity index is 1530. The average molecular weight is 508 g/mol. The van der Waals surface area contributed by atoms with Crippen LogP contribution in [0.4, 0.5) is 5.69 Å². The summed E-state index contributed by atoms with van der Waals surface area (Å²) in [5, 5.41) is 15.5. The van der Waals surface area contributed by atoms with Gasteiger partial charge in [0.1, 0.15) is 16.8 Å². The topological polar surface area (TPSA) is 85.0 Å². The maximum absolute atomic E-state index is 12.6. The number of carbonyl (C=O) groups excluding carboxylic acids is 1. The molecule has 3 aromatic carbocycles. The van der Waals surface area contributed by atoms with Gasteiger partial charge in [0, 0.05) is 10.6 Å². The molecular weight excluding hydrogens is 493 g/mol. The molecule has 0 saturated heterocycles. The number of amides is 1. The molecule has 2 heterocycles. The van der Waals surface area contributed by atoms with E-state index in [2.05, 4.69) is 20.8 Å². The summed E-state index contributed by atoms with van der Waals surface area (Å²) in [5.74, 6) is 0.117. The van der Waals surface area contributed by atoms with E-state index >= 15 is 0 Å². The van der Waals surface area contributed by atoms with E-state index in [1.807, 2.05) is 36.4 Å². The SMILES string of the molecule is O=C(NC(=S)Nc1cc2nn(-c3ccccc3)nc2cc1Cl)c1ccc(-c2cccc(Cl)c2)o1. The first-order chi connectivity index (χ1) is 16.5. The van der Waals surface area contributed by atoms with Crippen LogP contribution < -0.4 is 10.6 Å². The Morgan fingerprint density at radius 3 is 2.44 bits per heavy atom. The number of rotatable bonds is 4. The highest BCUT2D eigenvalue weighted by atomic mass is 35.5. The van der Waals surface area contributed by atoms with Gasteiger partial charge in [-0.15, -0.1) is 10.2 Å². The lowest BCUT2D eigenvalue weighted by Crippen LogP contribution is -2.33. The predicted molar refractivity (Wildman–Crippen MR) is 137 cm³/mol. The molecule has 0 fully saturated rings. The second-order valence-corrected chi connectivity index (χ2v) is 8.48. The fourth-order valence-corrected chi connectivity index (χ4v) is 3.88. The van der Waals surface area contributed by atoms with Gasteiger partial charge in [-0.05, 0) is 60.7 Å². The van der Waals surface area contributed by atoms with Gasteiger partial charge < -0.3 is 9.73 Å². The lowest BCUT2D eigenvalue weighted by atomic mass is 10.2. The van der Waals surface area contributed by atoms with Crippen LogP contribution in [0.1, 0.15) is 10.6 Å². The van der Waals surface area contributed by atoms with Crippen molar-refractivity contribution in [3.63, 3.8) is 0 Å². The van der Waals surface area contributed by atoms with Crippen molar-refractivity contribution < 1.29 is 9.21 Å². The molecule has 2 N–H and O–H groups in total. The third kappa shape index (κ3) is 4.65. The van der Waals surface area contributed by atoms with Crippen molar-refractivity contribution in [2.45, 2.75) is 0 Å². The van der Waals surface area contributed by atoms with Crippen molar-refractivity contribution in [2.24, 2.45) is 0 Å². The average Bonchev–Trinajstić information content (AvgIpc) is 3.47. The zero-order chi connectivity index (χ0) is 23.7. The molecule has 168 valence electrons. The second kappa shape index (κ2) is 9.26.